The summed E-state index contributed by atoms with van der Waals surface area (Å²) in [6, 6.07) is 11.6. The Morgan fingerprint density at radius 2 is 1.82 bits per heavy atom. The molecule has 7 heteroatoms. The molecule has 28 heavy (non-hydrogen) atoms. The van der Waals surface area contributed by atoms with Crippen LogP contribution < -0.4 is 4.74 Å². The summed E-state index contributed by atoms with van der Waals surface area (Å²) in [6.07, 6.45) is 0.271. The predicted octanol–water partition coefficient (Wildman–Crippen LogP) is 3.06. The molecule has 1 saturated heterocycles. The van der Waals surface area contributed by atoms with Gasteiger partial charge in [0.05, 0.1) is 19.3 Å². The molecule has 0 aliphatic carbocycles. The molecular formula is C21H22FNO5. The maximum Gasteiger partial charge on any atom is 0.313 e. The molecule has 0 radical (unpaired) electrons. The number of rotatable bonds is 6. The van der Waals surface area contributed by atoms with Crippen LogP contribution in [0, 0.1) is 11.2 Å². The molecule has 0 bridgehead atoms. The molecule has 1 atom stereocenters. The molecule has 1 aliphatic heterocycles. The fraction of sp³-hybridized carbons (Fsp3) is 0.333. The van der Waals surface area contributed by atoms with Gasteiger partial charge in [0.1, 0.15) is 17.0 Å². The van der Waals surface area contributed by atoms with Crippen LogP contribution in [0.3, 0.4) is 0 Å². The van der Waals surface area contributed by atoms with Gasteiger partial charge in [-0.3, -0.25) is 9.59 Å². The smallest absolute Gasteiger partial charge is 0.313 e. The lowest BCUT2D eigenvalue weighted by atomic mass is 9.88. The number of halogens is 1. The van der Waals surface area contributed by atoms with Gasteiger partial charge in [-0.15, -0.1) is 0 Å². The van der Waals surface area contributed by atoms with Crippen molar-refractivity contribution < 1.29 is 28.6 Å². The number of likely N-dealkylation sites (tertiary alicyclic amines) is 1. The quantitative estimate of drug-likeness (QED) is 0.824. The van der Waals surface area contributed by atoms with E-state index < -0.39 is 23.1 Å². The summed E-state index contributed by atoms with van der Waals surface area (Å²) in [5, 5.41) is 9.52. The zero-order valence-electron chi connectivity index (χ0n) is 15.8. The van der Waals surface area contributed by atoms with Crippen molar-refractivity contribution in [2.45, 2.75) is 6.42 Å². The molecule has 1 aliphatic rings. The Bertz CT molecular complexity index is 883. The van der Waals surface area contributed by atoms with Crippen LogP contribution in [0.2, 0.25) is 0 Å². The molecule has 148 valence electrons. The average Bonchev–Trinajstić information content (AvgIpc) is 3.13. The summed E-state index contributed by atoms with van der Waals surface area (Å²) in [5.74, 6) is -1.47. The van der Waals surface area contributed by atoms with E-state index in [1.807, 2.05) is 12.1 Å². The fourth-order valence-electron chi connectivity index (χ4n) is 3.50. The van der Waals surface area contributed by atoms with Crippen molar-refractivity contribution in [1.82, 2.24) is 4.90 Å². The predicted molar refractivity (Wildman–Crippen MR) is 101 cm³/mol. The lowest BCUT2D eigenvalue weighted by Gasteiger charge is -2.24. The lowest BCUT2D eigenvalue weighted by molar-refractivity contribution is -0.151. The third-order valence-electron chi connectivity index (χ3n) is 5.14. The number of amides is 1. The number of carboxylic acid groups (broad SMARTS) is 1. The number of ether oxygens (including phenoxy) is 2. The lowest BCUT2D eigenvalue weighted by Crippen LogP contribution is -2.40. The van der Waals surface area contributed by atoms with Crippen LogP contribution in [0.15, 0.2) is 42.5 Å². The highest BCUT2D eigenvalue weighted by Crippen LogP contribution is 2.33. The van der Waals surface area contributed by atoms with Crippen LogP contribution >= 0.6 is 0 Å². The molecule has 1 fully saturated rings. The van der Waals surface area contributed by atoms with E-state index in [0.717, 1.165) is 5.56 Å². The number of methoxy groups -OCH3 is 2. The normalized spacial score (nSPS) is 18.9. The second-order valence-corrected chi connectivity index (χ2v) is 6.92. The highest BCUT2D eigenvalue weighted by atomic mass is 19.1. The van der Waals surface area contributed by atoms with Gasteiger partial charge >= 0.3 is 5.97 Å². The standard InChI is InChI=1S/C21H22FNO5/c1-27-13-21(20(25)26)9-10-23(12-21)19(24)17-8-5-15(11-18(17)22)14-3-6-16(28-2)7-4-14/h3-8,11H,9-10,12-13H2,1-2H3,(H,25,26). The molecule has 1 N–H and O–H groups in total. The zero-order valence-corrected chi connectivity index (χ0v) is 15.8. The highest BCUT2D eigenvalue weighted by Gasteiger charge is 2.46. The first-order valence-corrected chi connectivity index (χ1v) is 8.86. The van der Waals surface area contributed by atoms with Crippen molar-refractivity contribution >= 4 is 11.9 Å². The summed E-state index contributed by atoms with van der Waals surface area (Å²) in [6.45, 7) is 0.244. The van der Waals surface area contributed by atoms with Crippen molar-refractivity contribution in [3.63, 3.8) is 0 Å². The maximum atomic E-state index is 14.7. The van der Waals surface area contributed by atoms with E-state index in [2.05, 4.69) is 0 Å². The molecule has 0 saturated carbocycles. The Balaban J connectivity index is 1.80. The summed E-state index contributed by atoms with van der Waals surface area (Å²) < 4.78 is 24.8. The van der Waals surface area contributed by atoms with Gasteiger partial charge < -0.3 is 19.5 Å². The maximum absolute atomic E-state index is 14.7. The number of aliphatic carboxylic acids is 1. The van der Waals surface area contributed by atoms with Crippen molar-refractivity contribution in [3.8, 4) is 16.9 Å². The van der Waals surface area contributed by atoms with E-state index >= 15 is 0 Å². The first-order chi connectivity index (χ1) is 13.4. The van der Waals surface area contributed by atoms with Gasteiger partial charge in [0.25, 0.3) is 5.91 Å². The van der Waals surface area contributed by atoms with E-state index in [0.29, 0.717) is 11.3 Å². The van der Waals surface area contributed by atoms with Crippen molar-refractivity contribution in [3.05, 3.63) is 53.8 Å². The minimum absolute atomic E-state index is 0.00496. The van der Waals surface area contributed by atoms with Gasteiger partial charge in [-0.25, -0.2) is 4.39 Å². The van der Waals surface area contributed by atoms with Gasteiger partial charge in [-0.2, -0.15) is 0 Å². The minimum Gasteiger partial charge on any atom is -0.497 e. The monoisotopic (exact) mass is 387 g/mol. The van der Waals surface area contributed by atoms with E-state index in [9.17, 15) is 19.1 Å². The summed E-state index contributed by atoms with van der Waals surface area (Å²) in [7, 11) is 2.99. The first kappa shape index (κ1) is 19.8. The van der Waals surface area contributed by atoms with Gasteiger partial charge in [0, 0.05) is 20.2 Å². The number of hydrogen-bond acceptors (Lipinski definition) is 4. The third-order valence-corrected chi connectivity index (χ3v) is 5.14. The van der Waals surface area contributed by atoms with Crippen LogP contribution in [0.25, 0.3) is 11.1 Å². The topological polar surface area (TPSA) is 76.1 Å². The Kier molecular flexibility index (Phi) is 5.65. The van der Waals surface area contributed by atoms with Gasteiger partial charge in [-0.1, -0.05) is 18.2 Å². The number of nitrogens with zero attached hydrogens (tertiary/aromatic N) is 1. The van der Waals surface area contributed by atoms with Gasteiger partial charge in [0.2, 0.25) is 0 Å². The average molecular weight is 387 g/mol. The second-order valence-electron chi connectivity index (χ2n) is 6.92. The molecule has 3 rings (SSSR count). The van der Waals surface area contributed by atoms with E-state index in [1.165, 1.54) is 24.1 Å². The minimum atomic E-state index is -1.15. The molecule has 0 aromatic heterocycles. The summed E-state index contributed by atoms with van der Waals surface area (Å²) in [4.78, 5) is 25.8. The fourth-order valence-corrected chi connectivity index (χ4v) is 3.50. The van der Waals surface area contributed by atoms with Crippen molar-refractivity contribution in [1.29, 1.82) is 0 Å². The highest BCUT2D eigenvalue weighted by molar-refractivity contribution is 5.96. The summed E-state index contributed by atoms with van der Waals surface area (Å²) >= 11 is 0. The van der Waals surface area contributed by atoms with Crippen molar-refractivity contribution in [2.75, 3.05) is 33.9 Å². The van der Waals surface area contributed by atoms with Gasteiger partial charge in [-0.05, 0) is 41.8 Å². The zero-order chi connectivity index (χ0) is 20.3. The van der Waals surface area contributed by atoms with Crippen molar-refractivity contribution in [2.24, 2.45) is 5.41 Å². The molecular weight excluding hydrogens is 365 g/mol. The SMILES string of the molecule is COCC1(C(=O)O)CCN(C(=O)c2ccc(-c3ccc(OC)cc3)cc2F)C1. The van der Waals surface area contributed by atoms with Crippen LogP contribution in [-0.4, -0.2) is 55.8 Å². The third kappa shape index (κ3) is 3.71. The number of carboxylic acids is 1. The molecule has 0 spiro atoms. The molecule has 6 nitrogen and oxygen atoms in total. The molecule has 1 amide bonds. The second kappa shape index (κ2) is 7.98. The number of carbonyl (C=O) groups is 2. The van der Waals surface area contributed by atoms with Crippen LogP contribution in [-0.2, 0) is 9.53 Å². The van der Waals surface area contributed by atoms with E-state index in [-0.39, 0.29) is 31.7 Å². The molecule has 2 aromatic carbocycles. The Labute approximate surface area is 162 Å². The Hall–Kier alpha value is -2.93. The molecule has 1 unspecified atom stereocenters. The largest absolute Gasteiger partial charge is 0.497 e. The number of carbonyl (C=O) groups excluding carboxylic acids is 1. The molecule has 2 aromatic rings. The van der Waals surface area contributed by atoms with E-state index in [1.54, 1.807) is 25.3 Å². The number of benzene rings is 2. The summed E-state index contributed by atoms with van der Waals surface area (Å²) in [5.41, 5.74) is 0.210. The van der Waals surface area contributed by atoms with Crippen LogP contribution in [0.4, 0.5) is 4.39 Å². The molecule has 1 heterocycles. The van der Waals surface area contributed by atoms with Crippen LogP contribution in [0.5, 0.6) is 5.75 Å². The Morgan fingerprint density at radius 3 is 2.39 bits per heavy atom. The Morgan fingerprint density at radius 1 is 1.14 bits per heavy atom. The number of hydrogen-bond donors (Lipinski definition) is 1. The van der Waals surface area contributed by atoms with Crippen LogP contribution in [0.1, 0.15) is 16.8 Å². The first-order valence-electron chi connectivity index (χ1n) is 8.86. The van der Waals surface area contributed by atoms with Gasteiger partial charge in [0.15, 0.2) is 0 Å². The van der Waals surface area contributed by atoms with E-state index in [4.69, 9.17) is 9.47 Å².